The molecule has 4 aromatic rings. The average Bonchev–Trinajstić information content (AvgIpc) is 2.87. The fourth-order valence-corrected chi connectivity index (χ4v) is 4.83. The average molecular weight is 503 g/mol. The van der Waals surface area contributed by atoms with Gasteiger partial charge in [-0.25, -0.2) is 18.2 Å². The number of anilines is 2. The van der Waals surface area contributed by atoms with Crippen LogP contribution in [-0.4, -0.2) is 50.7 Å². The van der Waals surface area contributed by atoms with Crippen LogP contribution in [0.3, 0.4) is 0 Å². The van der Waals surface area contributed by atoms with Crippen molar-refractivity contribution in [3.63, 3.8) is 0 Å². The molecule has 0 fully saturated rings. The first kappa shape index (κ1) is 24.5. The third kappa shape index (κ3) is 4.92. The minimum atomic E-state index is -4.02. The summed E-state index contributed by atoms with van der Waals surface area (Å²) in [5.41, 5.74) is 2.07. The minimum Gasteiger partial charge on any atom is -0.495 e. The van der Waals surface area contributed by atoms with Gasteiger partial charge in [-0.2, -0.15) is 0 Å². The van der Waals surface area contributed by atoms with Crippen molar-refractivity contribution in [1.29, 1.82) is 0 Å². The molecule has 0 atom stereocenters. The van der Waals surface area contributed by atoms with Gasteiger partial charge in [0.25, 0.3) is 10.0 Å². The Balaban J connectivity index is 1.73. The van der Waals surface area contributed by atoms with Crippen LogP contribution in [0.15, 0.2) is 71.9 Å². The lowest BCUT2D eigenvalue weighted by atomic mass is 10.1. The predicted octanol–water partition coefficient (Wildman–Crippen LogP) is 3.60. The zero-order chi connectivity index (χ0) is 25.9. The van der Waals surface area contributed by atoms with Crippen LogP contribution in [0.4, 0.5) is 11.4 Å². The predicted molar refractivity (Wildman–Crippen MR) is 137 cm³/mol. The molecule has 0 spiro atoms. The van der Waals surface area contributed by atoms with Gasteiger partial charge in [0, 0.05) is 49.2 Å². The maximum absolute atomic E-state index is 13.4. The van der Waals surface area contributed by atoms with Crippen molar-refractivity contribution < 1.29 is 23.1 Å². The van der Waals surface area contributed by atoms with E-state index >= 15 is 0 Å². The largest absolute Gasteiger partial charge is 0.495 e. The number of sulfonamides is 1. The molecule has 2 aromatic carbocycles. The van der Waals surface area contributed by atoms with Crippen molar-refractivity contribution in [2.75, 3.05) is 30.8 Å². The van der Waals surface area contributed by atoms with Gasteiger partial charge in [0.15, 0.2) is 5.69 Å². The number of nitrogens with one attached hydrogen (secondary N) is 1. The number of methoxy groups -OCH3 is 1. The van der Waals surface area contributed by atoms with Crippen molar-refractivity contribution in [1.82, 2.24) is 9.97 Å². The van der Waals surface area contributed by atoms with Crippen molar-refractivity contribution in [2.45, 2.75) is 4.90 Å². The fraction of sp³-hybridized carbons (Fsp3) is 0.115. The van der Waals surface area contributed by atoms with E-state index in [0.29, 0.717) is 22.0 Å². The van der Waals surface area contributed by atoms with E-state index in [-0.39, 0.29) is 22.0 Å². The fourth-order valence-electron chi connectivity index (χ4n) is 3.57. The molecule has 4 rings (SSSR count). The second kappa shape index (κ2) is 9.93. The lowest BCUT2D eigenvalue weighted by Gasteiger charge is -2.16. The van der Waals surface area contributed by atoms with E-state index in [1.807, 2.05) is 31.1 Å². The molecular formula is C26H22N4O5S. The summed E-state index contributed by atoms with van der Waals surface area (Å²) in [5.74, 6) is 4.86. The SMILES string of the molecule is COc1cc(C(=O)O)ncc1C#Cc1ccccc1NS(=O)(=O)c1cccc2c(N(C)C)ccnc12. The van der Waals surface area contributed by atoms with Crippen LogP contribution in [0.2, 0.25) is 0 Å². The molecule has 0 aliphatic heterocycles. The Bertz CT molecular complexity index is 1640. The number of carboxylic acid groups (broad SMARTS) is 1. The quantitative estimate of drug-likeness (QED) is 0.384. The number of ether oxygens (including phenoxy) is 1. The van der Waals surface area contributed by atoms with E-state index in [1.165, 1.54) is 25.4 Å². The number of hydrogen-bond donors (Lipinski definition) is 2. The van der Waals surface area contributed by atoms with E-state index < -0.39 is 16.0 Å². The highest BCUT2D eigenvalue weighted by Gasteiger charge is 2.21. The van der Waals surface area contributed by atoms with Gasteiger partial charge in [0.2, 0.25) is 0 Å². The van der Waals surface area contributed by atoms with Gasteiger partial charge in [-0.15, -0.1) is 0 Å². The maximum atomic E-state index is 13.4. The van der Waals surface area contributed by atoms with Gasteiger partial charge < -0.3 is 14.7 Å². The molecule has 2 heterocycles. The molecule has 182 valence electrons. The van der Waals surface area contributed by atoms with E-state index in [9.17, 15) is 13.2 Å². The van der Waals surface area contributed by atoms with Crippen molar-refractivity contribution in [3.05, 3.63) is 83.8 Å². The summed E-state index contributed by atoms with van der Waals surface area (Å²) >= 11 is 0. The molecular weight excluding hydrogens is 480 g/mol. The number of para-hydroxylation sites is 2. The van der Waals surface area contributed by atoms with Crippen LogP contribution in [0.5, 0.6) is 5.75 Å². The maximum Gasteiger partial charge on any atom is 0.354 e. The van der Waals surface area contributed by atoms with Gasteiger partial charge >= 0.3 is 5.97 Å². The molecule has 2 N–H and O–H groups in total. The van der Waals surface area contributed by atoms with Crippen LogP contribution in [0, 0.1) is 11.8 Å². The first-order valence-electron chi connectivity index (χ1n) is 10.7. The number of fused-ring (bicyclic) bond motifs is 1. The highest BCUT2D eigenvalue weighted by atomic mass is 32.2. The Kier molecular flexibility index (Phi) is 6.76. The number of aromatic carboxylic acids is 1. The Morgan fingerprint density at radius 2 is 1.78 bits per heavy atom. The number of aromatic nitrogens is 2. The van der Waals surface area contributed by atoms with Crippen LogP contribution in [-0.2, 0) is 10.0 Å². The summed E-state index contributed by atoms with van der Waals surface area (Å²) in [6.45, 7) is 0. The molecule has 0 saturated heterocycles. The summed E-state index contributed by atoms with van der Waals surface area (Å²) < 4.78 is 34.7. The number of hydrogen-bond acceptors (Lipinski definition) is 7. The van der Waals surface area contributed by atoms with Crippen LogP contribution < -0.4 is 14.4 Å². The number of carboxylic acids is 1. The Morgan fingerprint density at radius 1 is 1.03 bits per heavy atom. The Morgan fingerprint density at radius 3 is 2.50 bits per heavy atom. The first-order valence-corrected chi connectivity index (χ1v) is 12.2. The Hall–Kier alpha value is -4.62. The second-order valence-corrected chi connectivity index (χ2v) is 9.50. The van der Waals surface area contributed by atoms with Gasteiger partial charge in [0.05, 0.1) is 23.9 Å². The first-order chi connectivity index (χ1) is 17.2. The topological polar surface area (TPSA) is 122 Å². The van der Waals surface area contributed by atoms with Gasteiger partial charge in [-0.3, -0.25) is 9.71 Å². The molecule has 36 heavy (non-hydrogen) atoms. The standard InChI is InChI=1S/C26H22N4O5S/c1-30(2)22-13-14-27-25-19(22)8-6-10-24(25)36(33,34)29-20-9-5-4-7-17(20)11-12-18-16-28-21(26(31)32)15-23(18)35-3/h4-10,13-16,29H,1-3H3,(H,31,32). The lowest BCUT2D eigenvalue weighted by Crippen LogP contribution is -2.15. The zero-order valence-corrected chi connectivity index (χ0v) is 20.5. The molecule has 0 amide bonds. The summed E-state index contributed by atoms with van der Waals surface area (Å²) in [4.78, 5) is 21.3. The van der Waals surface area contributed by atoms with Crippen LogP contribution in [0.25, 0.3) is 10.9 Å². The zero-order valence-electron chi connectivity index (χ0n) is 19.7. The summed E-state index contributed by atoms with van der Waals surface area (Å²) in [6.07, 6.45) is 2.87. The molecule has 0 radical (unpaired) electrons. The van der Waals surface area contributed by atoms with E-state index in [4.69, 9.17) is 9.84 Å². The van der Waals surface area contributed by atoms with E-state index in [2.05, 4.69) is 26.5 Å². The number of nitrogens with zero attached hydrogens (tertiary/aromatic N) is 3. The van der Waals surface area contributed by atoms with Crippen molar-refractivity contribution in [2.24, 2.45) is 0 Å². The van der Waals surface area contributed by atoms with E-state index in [1.54, 1.807) is 36.5 Å². The normalized spacial score (nSPS) is 10.9. The molecule has 2 aromatic heterocycles. The second-order valence-electron chi connectivity index (χ2n) is 7.85. The number of benzene rings is 2. The molecule has 9 nitrogen and oxygen atoms in total. The van der Waals surface area contributed by atoms with Gasteiger partial charge in [-0.1, -0.05) is 36.1 Å². The van der Waals surface area contributed by atoms with E-state index in [0.717, 1.165) is 5.69 Å². The van der Waals surface area contributed by atoms with Crippen LogP contribution >= 0.6 is 0 Å². The van der Waals surface area contributed by atoms with Gasteiger partial charge in [0.1, 0.15) is 10.6 Å². The lowest BCUT2D eigenvalue weighted by molar-refractivity contribution is 0.0690. The summed E-state index contributed by atoms with van der Waals surface area (Å²) in [5, 5.41) is 9.84. The smallest absolute Gasteiger partial charge is 0.354 e. The number of pyridine rings is 2. The highest BCUT2D eigenvalue weighted by Crippen LogP contribution is 2.30. The number of rotatable bonds is 6. The molecule has 0 saturated carbocycles. The van der Waals surface area contributed by atoms with Crippen LogP contribution in [0.1, 0.15) is 21.6 Å². The van der Waals surface area contributed by atoms with Crippen molar-refractivity contribution in [3.8, 4) is 17.6 Å². The molecule has 0 aliphatic rings. The molecule has 0 unspecified atom stereocenters. The third-order valence-corrected chi connectivity index (χ3v) is 6.69. The minimum absolute atomic E-state index is 0.0431. The molecule has 10 heteroatoms. The molecule has 0 bridgehead atoms. The van der Waals surface area contributed by atoms with Crippen molar-refractivity contribution >= 4 is 38.3 Å². The highest BCUT2D eigenvalue weighted by molar-refractivity contribution is 7.93. The van der Waals surface area contributed by atoms with Gasteiger partial charge in [-0.05, 0) is 24.3 Å². The third-order valence-electron chi connectivity index (χ3n) is 5.29. The Labute approximate surface area is 208 Å². The summed E-state index contributed by atoms with van der Waals surface area (Å²) in [6, 6.07) is 14.8. The number of carbonyl (C=O) groups is 1. The monoisotopic (exact) mass is 502 g/mol. The summed E-state index contributed by atoms with van der Waals surface area (Å²) in [7, 11) is 1.14. The molecule has 0 aliphatic carbocycles.